The maximum absolute atomic E-state index is 8.14. The molecule has 0 spiro atoms. The van der Waals surface area contributed by atoms with Gasteiger partial charge in [0.05, 0.1) is 5.25 Å². The minimum atomic E-state index is -1.92. The lowest BCUT2D eigenvalue weighted by atomic mass is 10.0. The largest absolute Gasteiger partial charge is 0.468 e. The Morgan fingerprint density at radius 1 is 0.793 bits per heavy atom. The zero-order valence-electron chi connectivity index (χ0n) is 15.5. The van der Waals surface area contributed by atoms with Crippen molar-refractivity contribution in [1.82, 2.24) is 0 Å². The van der Waals surface area contributed by atoms with Gasteiger partial charge in [0, 0.05) is 5.75 Å². The first kappa shape index (κ1) is 22.0. The van der Waals surface area contributed by atoms with Gasteiger partial charge in [-0.2, -0.15) is 0 Å². The van der Waals surface area contributed by atoms with E-state index in [1.165, 1.54) is 5.56 Å². The van der Waals surface area contributed by atoms with Gasteiger partial charge < -0.3 is 4.74 Å². The van der Waals surface area contributed by atoms with Crippen LogP contribution in [-0.4, -0.2) is 9.69 Å². The Labute approximate surface area is 190 Å². The van der Waals surface area contributed by atoms with Crippen LogP contribution in [-0.2, 0) is 10.5 Å². The molecule has 0 aliphatic heterocycles. The molecule has 0 saturated carbocycles. The fraction of sp³-hybridized carbons (Fsp3) is 0.174. The Hall–Kier alpha value is -1.65. The van der Waals surface area contributed by atoms with E-state index in [9.17, 15) is 0 Å². The van der Waals surface area contributed by atoms with Gasteiger partial charge in [0.2, 0.25) is 5.90 Å². The van der Waals surface area contributed by atoms with Gasteiger partial charge in [-0.25, -0.2) is 0 Å². The molecule has 3 aromatic rings. The van der Waals surface area contributed by atoms with E-state index in [2.05, 4.69) is 24.3 Å². The number of nitrogens with one attached hydrogen (secondary N) is 1. The summed E-state index contributed by atoms with van der Waals surface area (Å²) in [5.41, 5.74) is 3.21. The van der Waals surface area contributed by atoms with Crippen LogP contribution < -0.4 is 0 Å². The third-order valence-corrected chi connectivity index (χ3v) is 6.20. The Morgan fingerprint density at radius 2 is 1.28 bits per heavy atom. The van der Waals surface area contributed by atoms with Crippen LogP contribution >= 0.6 is 46.6 Å². The van der Waals surface area contributed by atoms with Crippen molar-refractivity contribution in [3.05, 3.63) is 108 Å². The molecule has 0 aliphatic carbocycles. The number of benzene rings is 3. The molecule has 6 heteroatoms. The highest BCUT2D eigenvalue weighted by molar-refractivity contribution is 7.98. The number of hydrogen-bond acceptors (Lipinski definition) is 3. The van der Waals surface area contributed by atoms with Crippen molar-refractivity contribution in [3.8, 4) is 0 Å². The molecule has 3 rings (SSSR count). The second-order valence-electron chi connectivity index (χ2n) is 6.40. The van der Waals surface area contributed by atoms with E-state index in [0.717, 1.165) is 16.9 Å². The highest BCUT2D eigenvalue weighted by Gasteiger charge is 2.35. The quantitative estimate of drug-likeness (QED) is 0.220. The minimum absolute atomic E-state index is 0.105. The summed E-state index contributed by atoms with van der Waals surface area (Å²) in [5.74, 6) is 0.395. The normalized spacial score (nSPS) is 13.5. The summed E-state index contributed by atoms with van der Waals surface area (Å²) in [6, 6.07) is 30.1. The van der Waals surface area contributed by atoms with Crippen LogP contribution in [0.4, 0.5) is 0 Å². The standard InChI is InChI=1S/C23H20Cl3NOS/c24-23(25,26)22(27)28-20(18-12-6-2-7-13-18)21(19-14-8-3-9-15-19)29-16-17-10-4-1-5-11-17/h1-15,20-21,27H,16H2/t20-,21-/m1/s1. The smallest absolute Gasteiger partial charge is 0.265 e. The van der Waals surface area contributed by atoms with Gasteiger partial charge in [0.25, 0.3) is 3.79 Å². The van der Waals surface area contributed by atoms with Crippen molar-refractivity contribution in [3.63, 3.8) is 0 Å². The van der Waals surface area contributed by atoms with Crippen LogP contribution in [0.1, 0.15) is 28.0 Å². The fourth-order valence-electron chi connectivity index (χ4n) is 2.90. The van der Waals surface area contributed by atoms with Crippen molar-refractivity contribution >= 4 is 52.5 Å². The number of hydrogen-bond donors (Lipinski definition) is 1. The monoisotopic (exact) mass is 463 g/mol. The number of alkyl halides is 3. The highest BCUT2D eigenvalue weighted by Crippen LogP contribution is 2.45. The summed E-state index contributed by atoms with van der Waals surface area (Å²) >= 11 is 19.5. The summed E-state index contributed by atoms with van der Waals surface area (Å²) in [5, 5.41) is 8.04. The Balaban J connectivity index is 1.96. The van der Waals surface area contributed by atoms with E-state index >= 15 is 0 Å². The zero-order chi connectivity index (χ0) is 20.7. The molecule has 2 atom stereocenters. The van der Waals surface area contributed by atoms with Crippen LogP contribution in [0.5, 0.6) is 0 Å². The van der Waals surface area contributed by atoms with Crippen molar-refractivity contribution in [2.75, 3.05) is 0 Å². The SMILES string of the molecule is N=C(O[C@H](c1ccccc1)[C@H](SCc1ccccc1)c1ccccc1)C(Cl)(Cl)Cl. The van der Waals surface area contributed by atoms with E-state index in [-0.39, 0.29) is 5.25 Å². The fourth-order valence-corrected chi connectivity index (χ4v) is 4.34. The second-order valence-corrected chi connectivity index (χ2v) is 9.82. The van der Waals surface area contributed by atoms with Crippen LogP contribution in [0.3, 0.4) is 0 Å². The Kier molecular flexibility index (Phi) is 7.91. The third kappa shape index (κ3) is 6.42. The minimum Gasteiger partial charge on any atom is -0.468 e. The maximum Gasteiger partial charge on any atom is 0.265 e. The molecule has 3 aromatic carbocycles. The molecular formula is C23H20Cl3NOS. The first-order valence-electron chi connectivity index (χ1n) is 9.03. The molecule has 0 radical (unpaired) electrons. The summed E-state index contributed by atoms with van der Waals surface area (Å²) in [4.78, 5) is 0. The molecule has 0 bridgehead atoms. The number of ether oxygens (including phenoxy) is 1. The lowest BCUT2D eigenvalue weighted by Gasteiger charge is -2.30. The van der Waals surface area contributed by atoms with E-state index in [1.54, 1.807) is 11.8 Å². The summed E-state index contributed by atoms with van der Waals surface area (Å²) < 4.78 is 4.05. The molecular weight excluding hydrogens is 445 g/mol. The molecule has 0 aliphatic rings. The Bertz CT molecular complexity index is 902. The van der Waals surface area contributed by atoms with Gasteiger partial charge in [-0.1, -0.05) is 126 Å². The summed E-state index contributed by atoms with van der Waals surface area (Å²) in [6.07, 6.45) is -0.490. The van der Waals surface area contributed by atoms with Crippen molar-refractivity contribution in [1.29, 1.82) is 5.41 Å². The molecule has 0 fully saturated rings. The lowest BCUT2D eigenvalue weighted by molar-refractivity contribution is 0.182. The van der Waals surface area contributed by atoms with Crippen molar-refractivity contribution < 1.29 is 4.74 Å². The molecule has 1 N–H and O–H groups in total. The average molecular weight is 465 g/mol. The molecule has 29 heavy (non-hydrogen) atoms. The maximum atomic E-state index is 8.14. The van der Waals surface area contributed by atoms with E-state index < -0.39 is 15.8 Å². The lowest BCUT2D eigenvalue weighted by Crippen LogP contribution is -2.26. The van der Waals surface area contributed by atoms with Gasteiger partial charge in [-0.05, 0) is 16.7 Å². The third-order valence-electron chi connectivity index (χ3n) is 4.31. The first-order chi connectivity index (χ1) is 13.9. The van der Waals surface area contributed by atoms with Gasteiger partial charge in [0.1, 0.15) is 6.10 Å². The summed E-state index contributed by atoms with van der Waals surface area (Å²) in [7, 11) is 0. The van der Waals surface area contributed by atoms with Crippen LogP contribution in [0.15, 0.2) is 91.0 Å². The molecule has 0 heterocycles. The summed E-state index contributed by atoms with van der Waals surface area (Å²) in [6.45, 7) is 0. The molecule has 2 nitrogen and oxygen atoms in total. The zero-order valence-corrected chi connectivity index (χ0v) is 18.6. The predicted molar refractivity (Wildman–Crippen MR) is 125 cm³/mol. The number of halogens is 3. The van der Waals surface area contributed by atoms with Gasteiger partial charge >= 0.3 is 0 Å². The van der Waals surface area contributed by atoms with Crippen molar-refractivity contribution in [2.45, 2.75) is 20.9 Å². The Morgan fingerprint density at radius 3 is 1.79 bits per heavy atom. The second kappa shape index (κ2) is 10.4. The predicted octanol–water partition coefficient (Wildman–Crippen LogP) is 7.77. The molecule has 0 amide bonds. The van der Waals surface area contributed by atoms with Gasteiger partial charge in [-0.15, -0.1) is 11.8 Å². The van der Waals surface area contributed by atoms with Crippen molar-refractivity contribution in [2.24, 2.45) is 0 Å². The first-order valence-corrected chi connectivity index (χ1v) is 11.2. The van der Waals surface area contributed by atoms with E-state index in [1.807, 2.05) is 66.7 Å². The number of rotatable bonds is 7. The van der Waals surface area contributed by atoms with Crippen LogP contribution in [0, 0.1) is 5.41 Å². The average Bonchev–Trinajstić information content (AvgIpc) is 2.74. The molecule has 0 saturated heterocycles. The van der Waals surface area contributed by atoms with Crippen LogP contribution in [0.25, 0.3) is 0 Å². The number of thioether (sulfide) groups is 1. The van der Waals surface area contributed by atoms with Gasteiger partial charge in [-0.3, -0.25) is 5.41 Å². The van der Waals surface area contributed by atoms with Crippen LogP contribution in [0.2, 0.25) is 0 Å². The topological polar surface area (TPSA) is 33.1 Å². The molecule has 0 aromatic heterocycles. The van der Waals surface area contributed by atoms with E-state index in [0.29, 0.717) is 0 Å². The van der Waals surface area contributed by atoms with Gasteiger partial charge in [0.15, 0.2) is 0 Å². The highest BCUT2D eigenvalue weighted by atomic mass is 35.6. The molecule has 150 valence electrons. The molecule has 0 unspecified atom stereocenters. The van der Waals surface area contributed by atoms with E-state index in [4.69, 9.17) is 44.9 Å².